The Hall–Kier alpha value is 0.01000. The summed E-state index contributed by atoms with van der Waals surface area (Å²) in [5.41, 5.74) is 0. The zero-order valence-corrected chi connectivity index (χ0v) is 17.2. The van der Waals surface area contributed by atoms with Crippen LogP contribution in [0.5, 0.6) is 0 Å². The third kappa shape index (κ3) is 5.79. The van der Waals surface area contributed by atoms with Crippen LogP contribution in [-0.2, 0) is 14.8 Å². The first-order valence-corrected chi connectivity index (χ1v) is 10.6. The quantitative estimate of drug-likeness (QED) is 0.695. The molecule has 130 valence electrons. The molecule has 1 unspecified atom stereocenters. The van der Waals surface area contributed by atoms with Crippen LogP contribution in [0.3, 0.4) is 0 Å². The van der Waals surface area contributed by atoms with Crippen LogP contribution in [0, 0.1) is 5.92 Å². The van der Waals surface area contributed by atoms with E-state index in [0.29, 0.717) is 17.0 Å². The van der Waals surface area contributed by atoms with Crippen molar-refractivity contribution in [3.8, 4) is 0 Å². The third-order valence-electron chi connectivity index (χ3n) is 3.53. The predicted octanol–water partition coefficient (Wildman–Crippen LogP) is 2.85. The first-order chi connectivity index (χ1) is 10.8. The number of sulfonamides is 1. The van der Waals surface area contributed by atoms with Crippen LogP contribution in [0.15, 0.2) is 32.0 Å². The molecule has 0 aromatic heterocycles. The van der Waals surface area contributed by atoms with Gasteiger partial charge in [-0.25, -0.2) is 13.1 Å². The van der Waals surface area contributed by atoms with Gasteiger partial charge in [0.15, 0.2) is 0 Å². The fourth-order valence-corrected chi connectivity index (χ4v) is 5.12. The lowest BCUT2D eigenvalue weighted by molar-refractivity contribution is -0.0280. The zero-order chi connectivity index (χ0) is 17.0. The van der Waals surface area contributed by atoms with Gasteiger partial charge in [-0.05, 0) is 40.0 Å². The molecule has 1 fully saturated rings. The van der Waals surface area contributed by atoms with E-state index < -0.39 is 10.0 Å². The molecule has 1 aliphatic heterocycles. The van der Waals surface area contributed by atoms with E-state index in [0.717, 1.165) is 24.1 Å². The molecule has 0 spiro atoms. The van der Waals surface area contributed by atoms with E-state index >= 15 is 0 Å². The van der Waals surface area contributed by atoms with Crippen molar-refractivity contribution in [3.05, 3.63) is 27.1 Å². The van der Waals surface area contributed by atoms with Crippen LogP contribution in [0.25, 0.3) is 0 Å². The molecule has 0 aliphatic carbocycles. The second-order valence-corrected chi connectivity index (χ2v) is 9.58. The number of ether oxygens (including phenoxy) is 1. The summed E-state index contributed by atoms with van der Waals surface area (Å²) >= 11 is 6.59. The van der Waals surface area contributed by atoms with Crippen molar-refractivity contribution in [3.63, 3.8) is 0 Å². The van der Waals surface area contributed by atoms with Crippen LogP contribution in [0.1, 0.15) is 13.8 Å². The number of morpholine rings is 1. The maximum atomic E-state index is 12.5. The van der Waals surface area contributed by atoms with E-state index in [9.17, 15) is 8.42 Å². The molecule has 1 heterocycles. The van der Waals surface area contributed by atoms with E-state index in [1.54, 1.807) is 18.2 Å². The number of halogens is 2. The minimum atomic E-state index is -3.58. The highest BCUT2D eigenvalue weighted by molar-refractivity contribution is 9.11. The van der Waals surface area contributed by atoms with E-state index in [1.165, 1.54) is 0 Å². The normalized spacial score (nSPS) is 20.1. The summed E-state index contributed by atoms with van der Waals surface area (Å²) < 4.78 is 34.6. The number of nitrogens with zero attached hydrogens (tertiary/aromatic N) is 1. The summed E-state index contributed by atoms with van der Waals surface area (Å²) in [6.07, 6.45) is -0.122. The second-order valence-electron chi connectivity index (χ2n) is 6.07. The molecule has 23 heavy (non-hydrogen) atoms. The van der Waals surface area contributed by atoms with Crippen LogP contribution < -0.4 is 4.72 Å². The molecule has 8 heteroatoms. The summed E-state index contributed by atoms with van der Waals surface area (Å²) in [7, 11) is -3.58. The summed E-state index contributed by atoms with van der Waals surface area (Å²) in [5, 5.41) is 0. The Labute approximate surface area is 155 Å². The number of hydrogen-bond donors (Lipinski definition) is 1. The molecule has 1 atom stereocenters. The lowest BCUT2D eigenvalue weighted by Crippen LogP contribution is -2.48. The van der Waals surface area contributed by atoms with Crippen molar-refractivity contribution in [2.24, 2.45) is 5.92 Å². The van der Waals surface area contributed by atoms with Gasteiger partial charge < -0.3 is 4.74 Å². The molecule has 1 aliphatic rings. The standard InChI is InChI=1S/C15H22Br2N2O3S/c1-11(2)9-19-5-6-22-13(10-19)8-18-23(20,21)15-7-12(16)3-4-14(15)17/h3-4,7,11,13,18H,5-6,8-10H2,1-2H3. The maximum absolute atomic E-state index is 12.5. The Morgan fingerprint density at radius 2 is 2.13 bits per heavy atom. The van der Waals surface area contributed by atoms with Crippen molar-refractivity contribution in [1.82, 2.24) is 9.62 Å². The third-order valence-corrected chi connectivity index (χ3v) is 6.44. The SMILES string of the molecule is CC(C)CN1CCOC(CNS(=O)(=O)c2cc(Br)ccc2Br)C1. The minimum absolute atomic E-state index is 0.122. The lowest BCUT2D eigenvalue weighted by Gasteiger charge is -2.33. The molecule has 1 N–H and O–H groups in total. The largest absolute Gasteiger partial charge is 0.374 e. The highest BCUT2D eigenvalue weighted by Gasteiger charge is 2.24. The van der Waals surface area contributed by atoms with E-state index in [1.807, 2.05) is 0 Å². The Morgan fingerprint density at radius 3 is 2.83 bits per heavy atom. The van der Waals surface area contributed by atoms with Gasteiger partial charge in [-0.1, -0.05) is 29.8 Å². The second kappa shape index (κ2) is 8.40. The average molecular weight is 470 g/mol. The number of hydrogen-bond acceptors (Lipinski definition) is 4. The minimum Gasteiger partial charge on any atom is -0.374 e. The Kier molecular flexibility index (Phi) is 7.06. The lowest BCUT2D eigenvalue weighted by atomic mass is 10.2. The topological polar surface area (TPSA) is 58.6 Å². The monoisotopic (exact) mass is 468 g/mol. The highest BCUT2D eigenvalue weighted by atomic mass is 79.9. The van der Waals surface area contributed by atoms with Crippen molar-refractivity contribution in [2.45, 2.75) is 24.8 Å². The van der Waals surface area contributed by atoms with Crippen LogP contribution in [-0.4, -0.2) is 52.2 Å². The van der Waals surface area contributed by atoms with Gasteiger partial charge >= 0.3 is 0 Å². The van der Waals surface area contributed by atoms with Crippen LogP contribution in [0.4, 0.5) is 0 Å². The first kappa shape index (κ1) is 19.3. The maximum Gasteiger partial charge on any atom is 0.241 e. The van der Waals surface area contributed by atoms with Crippen molar-refractivity contribution >= 4 is 41.9 Å². The van der Waals surface area contributed by atoms with E-state index in [-0.39, 0.29) is 17.5 Å². The van der Waals surface area contributed by atoms with Crippen molar-refractivity contribution < 1.29 is 13.2 Å². The fraction of sp³-hybridized carbons (Fsp3) is 0.600. The van der Waals surface area contributed by atoms with E-state index in [2.05, 4.69) is 55.3 Å². The van der Waals surface area contributed by atoms with Crippen LogP contribution in [0.2, 0.25) is 0 Å². The fourth-order valence-electron chi connectivity index (χ4n) is 2.55. The van der Waals surface area contributed by atoms with Gasteiger partial charge in [0.25, 0.3) is 0 Å². The predicted molar refractivity (Wildman–Crippen MR) is 98.0 cm³/mol. The molecule has 1 saturated heterocycles. The molecule has 0 bridgehead atoms. The molecular formula is C15H22Br2N2O3S. The van der Waals surface area contributed by atoms with Crippen molar-refractivity contribution in [1.29, 1.82) is 0 Å². The number of rotatable bonds is 6. The Bertz CT molecular complexity index is 638. The summed E-state index contributed by atoms with van der Waals surface area (Å²) in [5.74, 6) is 0.586. The molecule has 0 saturated carbocycles. The van der Waals surface area contributed by atoms with Crippen molar-refractivity contribution in [2.75, 3.05) is 32.8 Å². The average Bonchev–Trinajstić information content (AvgIpc) is 2.47. The molecule has 1 aromatic carbocycles. The highest BCUT2D eigenvalue weighted by Crippen LogP contribution is 2.25. The molecule has 2 rings (SSSR count). The van der Waals surface area contributed by atoms with Gasteiger partial charge in [0.05, 0.1) is 17.6 Å². The number of nitrogens with one attached hydrogen (secondary N) is 1. The van der Waals surface area contributed by atoms with Gasteiger partial charge in [0, 0.05) is 35.1 Å². The first-order valence-electron chi connectivity index (χ1n) is 7.56. The molecule has 0 radical (unpaired) electrons. The number of benzene rings is 1. The molecular weight excluding hydrogens is 448 g/mol. The smallest absolute Gasteiger partial charge is 0.241 e. The van der Waals surface area contributed by atoms with Gasteiger partial charge in [-0.2, -0.15) is 0 Å². The summed E-state index contributed by atoms with van der Waals surface area (Å²) in [6.45, 7) is 7.92. The van der Waals surface area contributed by atoms with E-state index in [4.69, 9.17) is 4.74 Å². The summed E-state index contributed by atoms with van der Waals surface area (Å²) in [4.78, 5) is 2.55. The molecule has 1 aromatic rings. The van der Waals surface area contributed by atoms with Gasteiger partial charge in [-0.3, -0.25) is 4.90 Å². The van der Waals surface area contributed by atoms with Crippen LogP contribution >= 0.6 is 31.9 Å². The van der Waals surface area contributed by atoms with Gasteiger partial charge in [0.2, 0.25) is 10.0 Å². The molecule has 5 nitrogen and oxygen atoms in total. The van der Waals surface area contributed by atoms with Gasteiger partial charge in [0.1, 0.15) is 0 Å². The van der Waals surface area contributed by atoms with Gasteiger partial charge in [-0.15, -0.1) is 0 Å². The Balaban J connectivity index is 1.97. The molecule has 0 amide bonds. The summed E-state index contributed by atoms with van der Waals surface area (Å²) in [6, 6.07) is 5.08. The Morgan fingerprint density at radius 1 is 1.39 bits per heavy atom. The zero-order valence-electron chi connectivity index (χ0n) is 13.3.